The molecule has 5 heteroatoms. The second kappa shape index (κ2) is 4.43. The number of hydrogen-bond acceptors (Lipinski definition) is 3. The molecule has 0 saturated carbocycles. The molecule has 1 heterocycles. The second-order valence-corrected chi connectivity index (χ2v) is 5.54. The van der Waals surface area contributed by atoms with E-state index in [2.05, 4.69) is 15.9 Å². The van der Waals surface area contributed by atoms with Crippen LogP contribution in [0.5, 0.6) is 0 Å². The Morgan fingerprint density at radius 2 is 2.13 bits per heavy atom. The van der Waals surface area contributed by atoms with E-state index in [9.17, 15) is 4.79 Å². The maximum atomic E-state index is 11.7. The van der Waals surface area contributed by atoms with Crippen LogP contribution in [0.3, 0.4) is 0 Å². The Morgan fingerprint density at radius 3 is 2.60 bits per heavy atom. The highest BCUT2D eigenvalue weighted by molar-refractivity contribution is 9.11. The van der Waals surface area contributed by atoms with Crippen molar-refractivity contribution >= 4 is 22.0 Å². The number of carbonyl (C=O) groups is 1. The summed E-state index contributed by atoms with van der Waals surface area (Å²) in [6, 6.07) is 0. The predicted molar refractivity (Wildman–Crippen MR) is 62.6 cm³/mol. The summed E-state index contributed by atoms with van der Waals surface area (Å²) in [4.78, 5) is 13.3. The smallest absolute Gasteiger partial charge is 0.410 e. The lowest BCUT2D eigenvalue weighted by molar-refractivity contribution is 0.0261. The van der Waals surface area contributed by atoms with E-state index in [4.69, 9.17) is 10.5 Å². The van der Waals surface area contributed by atoms with Crippen molar-refractivity contribution in [3.05, 3.63) is 10.2 Å². The van der Waals surface area contributed by atoms with E-state index in [-0.39, 0.29) is 6.09 Å². The third-order valence-electron chi connectivity index (χ3n) is 1.96. The van der Waals surface area contributed by atoms with Gasteiger partial charge in [0.15, 0.2) is 0 Å². The fraction of sp³-hybridized carbons (Fsp3) is 0.700. The molecular formula is C10H17BrN2O2. The molecule has 0 aromatic heterocycles. The van der Waals surface area contributed by atoms with Crippen LogP contribution in [0.15, 0.2) is 10.2 Å². The van der Waals surface area contributed by atoms with Crippen molar-refractivity contribution in [2.75, 3.05) is 13.1 Å². The van der Waals surface area contributed by atoms with E-state index in [0.717, 1.165) is 10.9 Å². The van der Waals surface area contributed by atoms with E-state index in [1.165, 1.54) is 0 Å². The maximum absolute atomic E-state index is 11.7. The minimum absolute atomic E-state index is 0.301. The molecule has 4 nitrogen and oxygen atoms in total. The molecule has 0 fully saturated rings. The van der Waals surface area contributed by atoms with Gasteiger partial charge in [-0.2, -0.15) is 0 Å². The van der Waals surface area contributed by atoms with Gasteiger partial charge < -0.3 is 15.4 Å². The van der Waals surface area contributed by atoms with Gasteiger partial charge in [0, 0.05) is 16.7 Å². The highest BCUT2D eigenvalue weighted by atomic mass is 79.9. The van der Waals surface area contributed by atoms with Crippen LogP contribution in [0.2, 0.25) is 0 Å². The summed E-state index contributed by atoms with van der Waals surface area (Å²) in [5.74, 6) is 0. The molecule has 0 atom stereocenters. The van der Waals surface area contributed by atoms with Crippen LogP contribution in [-0.2, 0) is 4.74 Å². The molecule has 0 unspecified atom stereocenters. The normalized spacial score (nSPS) is 18.0. The monoisotopic (exact) mass is 276 g/mol. The lowest BCUT2D eigenvalue weighted by Gasteiger charge is -2.30. The quantitative estimate of drug-likeness (QED) is 0.738. The number of halogens is 1. The first kappa shape index (κ1) is 12.4. The van der Waals surface area contributed by atoms with Gasteiger partial charge in [-0.15, -0.1) is 0 Å². The Labute approximate surface area is 98.6 Å². The number of ether oxygens (including phenoxy) is 1. The predicted octanol–water partition coefficient (Wildman–Crippen LogP) is 2.19. The zero-order valence-corrected chi connectivity index (χ0v) is 10.9. The van der Waals surface area contributed by atoms with Crippen molar-refractivity contribution in [2.45, 2.75) is 32.8 Å². The summed E-state index contributed by atoms with van der Waals surface area (Å²) in [6.45, 7) is 6.64. The molecule has 86 valence electrons. The Morgan fingerprint density at radius 1 is 1.53 bits per heavy atom. The fourth-order valence-electron chi connectivity index (χ4n) is 1.25. The van der Waals surface area contributed by atoms with Gasteiger partial charge >= 0.3 is 6.09 Å². The molecule has 2 N–H and O–H groups in total. The van der Waals surface area contributed by atoms with Crippen LogP contribution in [0.4, 0.5) is 4.79 Å². The van der Waals surface area contributed by atoms with Gasteiger partial charge in [0.1, 0.15) is 5.60 Å². The van der Waals surface area contributed by atoms with Gasteiger partial charge in [0.2, 0.25) is 0 Å². The topological polar surface area (TPSA) is 55.6 Å². The van der Waals surface area contributed by atoms with Crippen molar-refractivity contribution in [1.29, 1.82) is 0 Å². The maximum Gasteiger partial charge on any atom is 0.410 e. The summed E-state index contributed by atoms with van der Waals surface area (Å²) in [5.41, 5.74) is 6.00. The molecule has 0 radical (unpaired) electrons. The SMILES string of the molecule is CC(C)(C)OC(=O)N1CCC(Br)=C(N)C1. The van der Waals surface area contributed by atoms with E-state index in [0.29, 0.717) is 18.8 Å². The first-order chi connectivity index (χ1) is 6.79. The largest absolute Gasteiger partial charge is 0.444 e. The number of hydrogen-bond donors (Lipinski definition) is 1. The summed E-state index contributed by atoms with van der Waals surface area (Å²) >= 11 is 3.37. The van der Waals surface area contributed by atoms with Crippen molar-refractivity contribution in [1.82, 2.24) is 4.90 Å². The highest BCUT2D eigenvalue weighted by Gasteiger charge is 2.25. The van der Waals surface area contributed by atoms with Gasteiger partial charge in [-0.3, -0.25) is 0 Å². The average Bonchev–Trinajstić information content (AvgIpc) is 2.06. The third kappa shape index (κ3) is 3.74. The second-order valence-electron chi connectivity index (χ2n) is 4.58. The number of rotatable bonds is 0. The van der Waals surface area contributed by atoms with Gasteiger partial charge in [0.05, 0.1) is 6.54 Å². The molecule has 0 aromatic carbocycles. The van der Waals surface area contributed by atoms with Crippen LogP contribution in [-0.4, -0.2) is 29.7 Å². The van der Waals surface area contributed by atoms with Gasteiger partial charge in [-0.05, 0) is 27.2 Å². The molecule has 1 aliphatic heterocycles. The van der Waals surface area contributed by atoms with Crippen LogP contribution in [0.25, 0.3) is 0 Å². The van der Waals surface area contributed by atoms with Crippen molar-refractivity contribution in [3.63, 3.8) is 0 Å². The minimum atomic E-state index is -0.454. The van der Waals surface area contributed by atoms with E-state index >= 15 is 0 Å². The fourth-order valence-corrected chi connectivity index (χ4v) is 1.55. The number of nitrogens with zero attached hydrogens (tertiary/aromatic N) is 1. The van der Waals surface area contributed by atoms with Gasteiger partial charge in [-0.1, -0.05) is 15.9 Å². The summed E-state index contributed by atoms with van der Waals surface area (Å²) in [5, 5.41) is 0. The first-order valence-corrected chi connectivity index (χ1v) is 5.70. The Balaban J connectivity index is 2.57. The molecular weight excluding hydrogens is 260 g/mol. The number of amides is 1. The molecule has 0 bridgehead atoms. The summed E-state index contributed by atoms with van der Waals surface area (Å²) < 4.78 is 6.24. The zero-order chi connectivity index (χ0) is 11.6. The molecule has 15 heavy (non-hydrogen) atoms. The van der Waals surface area contributed by atoms with Crippen LogP contribution >= 0.6 is 15.9 Å². The Bertz CT molecular complexity index is 294. The Hall–Kier alpha value is -0.710. The van der Waals surface area contributed by atoms with E-state index in [1.54, 1.807) is 4.90 Å². The highest BCUT2D eigenvalue weighted by Crippen LogP contribution is 2.21. The standard InChI is InChI=1S/C10H17BrN2O2/c1-10(2,3)15-9(14)13-5-4-7(11)8(12)6-13/h4-6,12H2,1-3H3. The molecule has 1 amide bonds. The molecule has 0 aromatic rings. The van der Waals surface area contributed by atoms with E-state index in [1.807, 2.05) is 20.8 Å². The van der Waals surface area contributed by atoms with E-state index < -0.39 is 5.60 Å². The van der Waals surface area contributed by atoms with Gasteiger partial charge in [-0.25, -0.2) is 4.79 Å². The number of carbonyl (C=O) groups excluding carboxylic acids is 1. The third-order valence-corrected chi connectivity index (χ3v) is 2.87. The zero-order valence-electron chi connectivity index (χ0n) is 9.34. The molecule has 1 aliphatic rings. The molecule has 1 rings (SSSR count). The summed E-state index contributed by atoms with van der Waals surface area (Å²) in [7, 11) is 0. The molecule has 0 spiro atoms. The minimum Gasteiger partial charge on any atom is -0.444 e. The summed E-state index contributed by atoms with van der Waals surface area (Å²) in [6.07, 6.45) is 0.455. The van der Waals surface area contributed by atoms with Crippen molar-refractivity contribution in [2.24, 2.45) is 5.73 Å². The average molecular weight is 277 g/mol. The molecule has 0 aliphatic carbocycles. The van der Waals surface area contributed by atoms with Crippen LogP contribution < -0.4 is 5.73 Å². The lowest BCUT2D eigenvalue weighted by Crippen LogP contribution is -2.41. The number of nitrogens with two attached hydrogens (primary N) is 1. The van der Waals surface area contributed by atoms with Gasteiger partial charge in [0.25, 0.3) is 0 Å². The molecule has 0 saturated heterocycles. The lowest BCUT2D eigenvalue weighted by atomic mass is 10.2. The van der Waals surface area contributed by atoms with Crippen molar-refractivity contribution < 1.29 is 9.53 Å². The van der Waals surface area contributed by atoms with Crippen LogP contribution in [0, 0.1) is 0 Å². The van der Waals surface area contributed by atoms with Crippen LogP contribution in [0.1, 0.15) is 27.2 Å². The Kier molecular flexibility index (Phi) is 3.65. The van der Waals surface area contributed by atoms with Crippen molar-refractivity contribution in [3.8, 4) is 0 Å². The first-order valence-electron chi connectivity index (χ1n) is 4.90.